The van der Waals surface area contributed by atoms with Crippen molar-refractivity contribution in [1.82, 2.24) is 15.5 Å². The fourth-order valence-electron chi connectivity index (χ4n) is 1.02. The molecule has 0 bridgehead atoms. The van der Waals surface area contributed by atoms with Gasteiger partial charge in [-0.3, -0.25) is 9.89 Å². The van der Waals surface area contributed by atoms with Gasteiger partial charge in [-0.15, -0.1) is 0 Å². The number of carbonyl (C=O) groups excluding carboxylic acids is 1. The van der Waals surface area contributed by atoms with Crippen LogP contribution < -0.4 is 5.32 Å². The number of H-pyrrole nitrogens is 1. The van der Waals surface area contributed by atoms with Crippen LogP contribution >= 0.6 is 31.9 Å². The molecule has 0 saturated carbocycles. The normalized spacial score (nSPS) is 11.5. The van der Waals surface area contributed by atoms with Gasteiger partial charge in [0.05, 0.1) is 17.3 Å². The highest BCUT2D eigenvalue weighted by Gasteiger charge is 2.25. The van der Waals surface area contributed by atoms with Crippen molar-refractivity contribution in [2.45, 2.75) is 19.4 Å². The van der Waals surface area contributed by atoms with Crippen LogP contribution in [0, 0.1) is 6.92 Å². The average molecular weight is 339 g/mol. The number of halogens is 2. The lowest BCUT2D eigenvalue weighted by atomic mass is 10.1. The molecule has 0 atom stereocenters. The Morgan fingerprint density at radius 3 is 2.60 bits per heavy atom. The largest absolute Gasteiger partial charge is 0.345 e. The summed E-state index contributed by atoms with van der Waals surface area (Å²) >= 11 is 6.75. The second-order valence-electron chi connectivity index (χ2n) is 3.69. The first kappa shape index (κ1) is 12.7. The lowest BCUT2D eigenvalue weighted by Gasteiger charge is -2.26. The first-order valence-electron chi connectivity index (χ1n) is 4.47. The Morgan fingerprint density at radius 1 is 1.60 bits per heavy atom. The third kappa shape index (κ3) is 3.04. The molecule has 84 valence electrons. The van der Waals surface area contributed by atoms with E-state index in [1.54, 1.807) is 0 Å². The van der Waals surface area contributed by atoms with Gasteiger partial charge in [0.2, 0.25) is 0 Å². The van der Waals surface area contributed by atoms with Crippen LogP contribution in [0.1, 0.15) is 23.0 Å². The maximum Gasteiger partial charge on any atom is 0.255 e. The molecule has 1 rings (SSSR count). The van der Waals surface area contributed by atoms with E-state index in [0.717, 1.165) is 5.69 Å². The number of aryl methyl sites for hydroxylation is 1. The van der Waals surface area contributed by atoms with Crippen molar-refractivity contribution in [3.63, 3.8) is 0 Å². The summed E-state index contributed by atoms with van der Waals surface area (Å²) < 4.78 is 0. The van der Waals surface area contributed by atoms with Crippen LogP contribution in [-0.4, -0.2) is 32.3 Å². The molecule has 4 nitrogen and oxygen atoms in total. The van der Waals surface area contributed by atoms with E-state index in [4.69, 9.17) is 0 Å². The zero-order valence-electron chi connectivity index (χ0n) is 8.60. The van der Waals surface area contributed by atoms with E-state index >= 15 is 0 Å². The number of aromatic nitrogens is 2. The molecule has 1 amide bonds. The maximum atomic E-state index is 11.8. The predicted molar refractivity (Wildman–Crippen MR) is 66.8 cm³/mol. The molecule has 6 heteroatoms. The van der Waals surface area contributed by atoms with Gasteiger partial charge in [-0.1, -0.05) is 31.9 Å². The van der Waals surface area contributed by atoms with E-state index in [0.29, 0.717) is 16.2 Å². The second-order valence-corrected chi connectivity index (χ2v) is 4.81. The monoisotopic (exact) mass is 337 g/mol. The molecule has 1 heterocycles. The molecular weight excluding hydrogens is 326 g/mol. The Kier molecular flexibility index (Phi) is 4.33. The van der Waals surface area contributed by atoms with E-state index in [1.165, 1.54) is 6.20 Å². The minimum Gasteiger partial charge on any atom is -0.345 e. The predicted octanol–water partition coefficient (Wildman–Crippen LogP) is 2.00. The Bertz CT molecular complexity index is 347. The van der Waals surface area contributed by atoms with Crippen LogP contribution in [0.2, 0.25) is 0 Å². The standard InChI is InChI=1S/C9H13Br2N3O/c1-6-7(3-12-14-6)8(15)13-9(2,4-10)5-11/h3H,4-5H2,1-2H3,(H,12,14)(H,13,15). The van der Waals surface area contributed by atoms with Crippen molar-refractivity contribution in [3.05, 3.63) is 17.5 Å². The molecule has 0 aromatic carbocycles. The molecule has 1 aromatic rings. The van der Waals surface area contributed by atoms with Crippen molar-refractivity contribution in [1.29, 1.82) is 0 Å². The van der Waals surface area contributed by atoms with Crippen LogP contribution in [0.3, 0.4) is 0 Å². The van der Waals surface area contributed by atoms with Crippen LogP contribution in [0.15, 0.2) is 6.20 Å². The number of rotatable bonds is 4. The smallest absolute Gasteiger partial charge is 0.255 e. The van der Waals surface area contributed by atoms with Gasteiger partial charge in [0.25, 0.3) is 5.91 Å². The quantitative estimate of drug-likeness (QED) is 0.825. The average Bonchev–Trinajstić information content (AvgIpc) is 2.64. The van der Waals surface area contributed by atoms with Crippen LogP contribution in [0.25, 0.3) is 0 Å². The Balaban J connectivity index is 2.76. The SMILES string of the molecule is Cc1[nH]ncc1C(=O)NC(C)(CBr)CBr. The minimum absolute atomic E-state index is 0.109. The Morgan fingerprint density at radius 2 is 2.20 bits per heavy atom. The molecule has 0 unspecified atom stereocenters. The van der Waals surface area contributed by atoms with Crippen LogP contribution in [0.4, 0.5) is 0 Å². The number of aromatic amines is 1. The first-order chi connectivity index (χ1) is 7.02. The van der Waals surface area contributed by atoms with Crippen molar-refractivity contribution in [2.75, 3.05) is 10.7 Å². The number of alkyl halides is 2. The molecule has 0 aliphatic carbocycles. The molecule has 0 aliphatic heterocycles. The van der Waals surface area contributed by atoms with E-state index < -0.39 is 0 Å². The maximum absolute atomic E-state index is 11.8. The summed E-state index contributed by atoms with van der Waals surface area (Å²) in [5.41, 5.74) is 1.07. The molecule has 0 spiro atoms. The van der Waals surface area contributed by atoms with Crippen LogP contribution in [-0.2, 0) is 0 Å². The third-order valence-electron chi connectivity index (χ3n) is 2.08. The Labute approximate surface area is 105 Å². The summed E-state index contributed by atoms with van der Waals surface area (Å²) in [6.07, 6.45) is 1.54. The van der Waals surface area contributed by atoms with Gasteiger partial charge in [0, 0.05) is 16.4 Å². The highest BCUT2D eigenvalue weighted by molar-refractivity contribution is 9.09. The van der Waals surface area contributed by atoms with E-state index in [1.807, 2.05) is 13.8 Å². The van der Waals surface area contributed by atoms with Crippen molar-refractivity contribution < 1.29 is 4.79 Å². The fourth-order valence-corrected chi connectivity index (χ4v) is 2.23. The lowest BCUT2D eigenvalue weighted by molar-refractivity contribution is 0.0922. The van der Waals surface area contributed by atoms with Gasteiger partial charge in [-0.05, 0) is 13.8 Å². The number of hydrogen-bond donors (Lipinski definition) is 2. The lowest BCUT2D eigenvalue weighted by Crippen LogP contribution is -2.49. The third-order valence-corrected chi connectivity index (χ3v) is 4.55. The van der Waals surface area contributed by atoms with Gasteiger partial charge in [-0.2, -0.15) is 5.10 Å². The first-order valence-corrected chi connectivity index (χ1v) is 6.71. The highest BCUT2D eigenvalue weighted by Crippen LogP contribution is 2.13. The number of carbonyl (C=O) groups is 1. The topological polar surface area (TPSA) is 57.8 Å². The minimum atomic E-state index is -0.291. The summed E-state index contributed by atoms with van der Waals surface area (Å²) in [6.45, 7) is 3.78. The molecule has 2 N–H and O–H groups in total. The van der Waals surface area contributed by atoms with Crippen molar-refractivity contribution in [3.8, 4) is 0 Å². The number of hydrogen-bond acceptors (Lipinski definition) is 2. The van der Waals surface area contributed by atoms with Gasteiger partial charge < -0.3 is 5.32 Å². The van der Waals surface area contributed by atoms with Gasteiger partial charge in [-0.25, -0.2) is 0 Å². The van der Waals surface area contributed by atoms with E-state index in [2.05, 4.69) is 47.4 Å². The van der Waals surface area contributed by atoms with Crippen LogP contribution in [0.5, 0.6) is 0 Å². The second kappa shape index (κ2) is 5.12. The Hall–Kier alpha value is -0.360. The summed E-state index contributed by atoms with van der Waals surface area (Å²) in [5, 5.41) is 10.9. The highest BCUT2D eigenvalue weighted by atomic mass is 79.9. The molecule has 15 heavy (non-hydrogen) atoms. The summed E-state index contributed by atoms with van der Waals surface area (Å²) in [6, 6.07) is 0. The molecular formula is C9H13Br2N3O. The molecule has 0 saturated heterocycles. The van der Waals surface area contributed by atoms with Crippen molar-refractivity contribution in [2.24, 2.45) is 0 Å². The van der Waals surface area contributed by atoms with E-state index in [-0.39, 0.29) is 11.4 Å². The van der Waals surface area contributed by atoms with Crippen molar-refractivity contribution >= 4 is 37.8 Å². The molecule has 0 radical (unpaired) electrons. The summed E-state index contributed by atoms with van der Waals surface area (Å²) in [5.74, 6) is -0.109. The zero-order chi connectivity index (χ0) is 11.5. The zero-order valence-corrected chi connectivity index (χ0v) is 11.8. The molecule has 1 aromatic heterocycles. The number of nitrogens with one attached hydrogen (secondary N) is 2. The number of amides is 1. The van der Waals surface area contributed by atoms with Gasteiger partial charge in [0.1, 0.15) is 0 Å². The number of nitrogens with zero attached hydrogens (tertiary/aromatic N) is 1. The van der Waals surface area contributed by atoms with E-state index in [9.17, 15) is 4.79 Å². The summed E-state index contributed by atoms with van der Waals surface area (Å²) in [4.78, 5) is 11.8. The fraction of sp³-hybridized carbons (Fsp3) is 0.556. The molecule has 0 aliphatic rings. The van der Waals surface area contributed by atoms with Gasteiger partial charge in [0.15, 0.2) is 0 Å². The molecule has 0 fully saturated rings. The summed E-state index contributed by atoms with van der Waals surface area (Å²) in [7, 11) is 0. The van der Waals surface area contributed by atoms with Gasteiger partial charge >= 0.3 is 0 Å².